The van der Waals surface area contributed by atoms with Gasteiger partial charge in [0.2, 0.25) is 5.90 Å². The zero-order valence-electron chi connectivity index (χ0n) is 12.1. The van der Waals surface area contributed by atoms with Crippen LogP contribution >= 0.6 is 11.6 Å². The number of halogens is 1. The highest BCUT2D eigenvalue weighted by Crippen LogP contribution is 2.18. The molecule has 0 amide bonds. The van der Waals surface area contributed by atoms with Crippen molar-refractivity contribution in [3.63, 3.8) is 0 Å². The second-order valence-electron chi connectivity index (χ2n) is 4.96. The average molecular weight is 352 g/mol. The van der Waals surface area contributed by atoms with E-state index in [2.05, 4.69) is 4.99 Å². The molecule has 0 aromatic heterocycles. The molecule has 2 aromatic rings. The summed E-state index contributed by atoms with van der Waals surface area (Å²) in [5.74, 6) is 0.503. The van der Waals surface area contributed by atoms with Gasteiger partial charge in [0.05, 0.1) is 11.5 Å². The summed E-state index contributed by atoms with van der Waals surface area (Å²) in [4.78, 5) is 4.42. The average Bonchev–Trinajstić information content (AvgIpc) is 3.03. The number of aliphatic imine (C=N–C) groups is 1. The SMILES string of the molecule is O=S(=O)(OCC1COC(c2ccccc2)=N1)c1ccc(Cl)cc1. The number of hydrogen-bond acceptors (Lipinski definition) is 5. The van der Waals surface area contributed by atoms with Gasteiger partial charge in [-0.2, -0.15) is 8.42 Å². The Kier molecular flexibility index (Phi) is 4.66. The van der Waals surface area contributed by atoms with E-state index in [0.717, 1.165) is 5.56 Å². The van der Waals surface area contributed by atoms with Crippen LogP contribution in [0.5, 0.6) is 0 Å². The molecule has 1 aliphatic rings. The fourth-order valence-electron chi connectivity index (χ4n) is 2.08. The van der Waals surface area contributed by atoms with Gasteiger partial charge in [-0.05, 0) is 36.4 Å². The van der Waals surface area contributed by atoms with Gasteiger partial charge < -0.3 is 4.74 Å². The van der Waals surface area contributed by atoms with Crippen LogP contribution in [-0.2, 0) is 19.0 Å². The zero-order chi connectivity index (χ0) is 16.3. The maximum atomic E-state index is 12.1. The Hall–Kier alpha value is -1.89. The van der Waals surface area contributed by atoms with Gasteiger partial charge in [-0.15, -0.1) is 0 Å². The highest BCUT2D eigenvalue weighted by atomic mass is 35.5. The fourth-order valence-corrected chi connectivity index (χ4v) is 3.14. The third-order valence-corrected chi connectivity index (χ3v) is 4.80. The van der Waals surface area contributed by atoms with Crippen LogP contribution in [0.15, 0.2) is 64.5 Å². The predicted octanol–water partition coefficient (Wildman–Crippen LogP) is 2.89. The van der Waals surface area contributed by atoms with Gasteiger partial charge in [0, 0.05) is 10.6 Å². The zero-order valence-corrected chi connectivity index (χ0v) is 13.6. The first-order chi connectivity index (χ1) is 11.0. The van der Waals surface area contributed by atoms with Crippen LogP contribution < -0.4 is 0 Å². The predicted molar refractivity (Wildman–Crippen MR) is 87.3 cm³/mol. The van der Waals surface area contributed by atoms with E-state index in [-0.39, 0.29) is 17.5 Å². The fraction of sp³-hybridized carbons (Fsp3) is 0.188. The van der Waals surface area contributed by atoms with Crippen molar-refractivity contribution in [3.8, 4) is 0 Å². The maximum Gasteiger partial charge on any atom is 0.297 e. The molecule has 5 nitrogen and oxygen atoms in total. The Balaban J connectivity index is 1.65. The van der Waals surface area contributed by atoms with Crippen LogP contribution in [0.1, 0.15) is 5.56 Å². The molecule has 1 unspecified atom stereocenters. The normalized spacial score (nSPS) is 17.6. The van der Waals surface area contributed by atoms with Crippen LogP contribution in [0, 0.1) is 0 Å². The van der Waals surface area contributed by atoms with Crippen LogP contribution in [0.25, 0.3) is 0 Å². The van der Waals surface area contributed by atoms with Crippen molar-refractivity contribution in [3.05, 3.63) is 65.2 Å². The van der Waals surface area contributed by atoms with Crippen molar-refractivity contribution in [2.24, 2.45) is 4.99 Å². The quantitative estimate of drug-likeness (QED) is 0.777. The lowest BCUT2D eigenvalue weighted by atomic mass is 10.2. The van der Waals surface area contributed by atoms with E-state index in [9.17, 15) is 8.42 Å². The Morgan fingerprint density at radius 1 is 1.13 bits per heavy atom. The number of hydrogen-bond donors (Lipinski definition) is 0. The molecule has 0 fully saturated rings. The molecule has 0 radical (unpaired) electrons. The summed E-state index contributed by atoms with van der Waals surface area (Å²) in [6, 6.07) is 14.9. The van der Waals surface area contributed by atoms with E-state index in [1.165, 1.54) is 24.3 Å². The van der Waals surface area contributed by atoms with Crippen molar-refractivity contribution in [1.82, 2.24) is 0 Å². The first kappa shape index (κ1) is 16.0. The first-order valence-electron chi connectivity index (χ1n) is 6.95. The Labute approximate surface area is 139 Å². The Morgan fingerprint density at radius 2 is 1.83 bits per heavy atom. The largest absolute Gasteiger partial charge is 0.475 e. The van der Waals surface area contributed by atoms with Gasteiger partial charge >= 0.3 is 0 Å². The lowest BCUT2D eigenvalue weighted by Crippen LogP contribution is -2.18. The number of benzene rings is 2. The molecular weight excluding hydrogens is 338 g/mol. The van der Waals surface area contributed by atoms with Crippen molar-refractivity contribution in [2.75, 3.05) is 13.2 Å². The second-order valence-corrected chi connectivity index (χ2v) is 7.01. The Morgan fingerprint density at radius 3 is 2.52 bits per heavy atom. The highest BCUT2D eigenvalue weighted by molar-refractivity contribution is 7.86. The molecular formula is C16H14ClNO4S. The molecule has 2 aromatic carbocycles. The third-order valence-electron chi connectivity index (χ3n) is 3.25. The maximum absolute atomic E-state index is 12.1. The third kappa shape index (κ3) is 3.90. The van der Waals surface area contributed by atoms with E-state index in [4.69, 9.17) is 20.5 Å². The van der Waals surface area contributed by atoms with Gasteiger partial charge in [0.25, 0.3) is 10.1 Å². The van der Waals surface area contributed by atoms with Gasteiger partial charge in [-0.25, -0.2) is 4.99 Å². The molecule has 3 rings (SSSR count). The van der Waals surface area contributed by atoms with Gasteiger partial charge in [-0.1, -0.05) is 29.8 Å². The number of ether oxygens (including phenoxy) is 1. The molecule has 1 atom stereocenters. The summed E-state index contributed by atoms with van der Waals surface area (Å²) in [5, 5.41) is 0.463. The highest BCUT2D eigenvalue weighted by Gasteiger charge is 2.23. The van der Waals surface area contributed by atoms with Crippen molar-refractivity contribution in [2.45, 2.75) is 10.9 Å². The van der Waals surface area contributed by atoms with Gasteiger partial charge in [0.15, 0.2) is 0 Å². The number of nitrogens with zero attached hydrogens (tertiary/aromatic N) is 1. The smallest absolute Gasteiger partial charge is 0.297 e. The van der Waals surface area contributed by atoms with Crippen LogP contribution in [0.4, 0.5) is 0 Å². The minimum Gasteiger partial charge on any atom is -0.475 e. The van der Waals surface area contributed by atoms with Crippen molar-refractivity contribution < 1.29 is 17.3 Å². The lowest BCUT2D eigenvalue weighted by molar-refractivity contribution is 0.246. The summed E-state index contributed by atoms with van der Waals surface area (Å²) < 4.78 is 34.8. The first-order valence-corrected chi connectivity index (χ1v) is 8.74. The summed E-state index contributed by atoms with van der Waals surface area (Å²) in [6.07, 6.45) is 0. The summed E-state index contributed by atoms with van der Waals surface area (Å²) in [7, 11) is -3.83. The molecule has 0 spiro atoms. The molecule has 120 valence electrons. The van der Waals surface area contributed by atoms with Gasteiger partial charge in [0.1, 0.15) is 12.6 Å². The van der Waals surface area contributed by atoms with E-state index in [1.807, 2.05) is 30.3 Å². The van der Waals surface area contributed by atoms with Crippen LogP contribution in [-0.4, -0.2) is 33.6 Å². The monoisotopic (exact) mass is 351 g/mol. The van der Waals surface area contributed by atoms with Crippen LogP contribution in [0.3, 0.4) is 0 Å². The standard InChI is InChI=1S/C16H14ClNO4S/c17-13-6-8-15(9-7-13)23(19,20)22-11-14-10-21-16(18-14)12-4-2-1-3-5-12/h1-9,14H,10-11H2. The molecule has 1 aliphatic heterocycles. The lowest BCUT2D eigenvalue weighted by Gasteiger charge is -2.07. The minimum atomic E-state index is -3.83. The molecule has 0 bridgehead atoms. The Bertz CT molecular complexity index is 804. The molecule has 1 heterocycles. The summed E-state index contributed by atoms with van der Waals surface area (Å²) in [6.45, 7) is 0.224. The number of rotatable bonds is 5. The summed E-state index contributed by atoms with van der Waals surface area (Å²) in [5.41, 5.74) is 0.857. The second kappa shape index (κ2) is 6.70. The van der Waals surface area contributed by atoms with E-state index in [1.54, 1.807) is 0 Å². The van der Waals surface area contributed by atoms with Crippen LogP contribution in [0.2, 0.25) is 5.02 Å². The molecule has 0 saturated carbocycles. The van der Waals surface area contributed by atoms with Gasteiger partial charge in [-0.3, -0.25) is 4.18 Å². The van der Waals surface area contributed by atoms with Crippen molar-refractivity contribution in [1.29, 1.82) is 0 Å². The van der Waals surface area contributed by atoms with E-state index in [0.29, 0.717) is 17.5 Å². The minimum absolute atomic E-state index is 0.0630. The van der Waals surface area contributed by atoms with Crippen molar-refractivity contribution >= 4 is 27.6 Å². The molecule has 0 aliphatic carbocycles. The van der Waals surface area contributed by atoms with E-state index >= 15 is 0 Å². The molecule has 7 heteroatoms. The molecule has 0 saturated heterocycles. The molecule has 23 heavy (non-hydrogen) atoms. The summed E-state index contributed by atoms with van der Waals surface area (Å²) >= 11 is 5.75. The molecule has 0 N–H and O–H groups in total. The van der Waals surface area contributed by atoms with E-state index < -0.39 is 10.1 Å². The topological polar surface area (TPSA) is 65.0 Å².